The van der Waals surface area contributed by atoms with E-state index in [1.54, 1.807) is 12.4 Å². The highest BCUT2D eigenvalue weighted by Crippen LogP contribution is 2.17. The van der Waals surface area contributed by atoms with Gasteiger partial charge in [-0.25, -0.2) is 15.0 Å². The minimum atomic E-state index is -0.0830. The zero-order valence-electron chi connectivity index (χ0n) is 12.0. The van der Waals surface area contributed by atoms with E-state index in [-0.39, 0.29) is 5.56 Å². The summed E-state index contributed by atoms with van der Waals surface area (Å²) in [7, 11) is 0. The van der Waals surface area contributed by atoms with Gasteiger partial charge < -0.3 is 4.98 Å². The lowest BCUT2D eigenvalue weighted by Gasteiger charge is -2.26. The van der Waals surface area contributed by atoms with Crippen molar-refractivity contribution in [1.82, 2.24) is 24.8 Å². The molecule has 0 saturated carbocycles. The van der Waals surface area contributed by atoms with Crippen molar-refractivity contribution in [3.8, 4) is 0 Å². The molecule has 6 nitrogen and oxygen atoms in total. The lowest BCUT2D eigenvalue weighted by atomic mass is 10.1. The molecule has 0 saturated heterocycles. The van der Waals surface area contributed by atoms with Crippen molar-refractivity contribution in [3.63, 3.8) is 0 Å². The quantitative estimate of drug-likeness (QED) is 0.770. The number of fused-ring (bicyclic) bond motifs is 2. The molecule has 3 heterocycles. The fraction of sp³-hybridized carbons (Fsp3) is 0.250. The average molecular weight is 293 g/mol. The van der Waals surface area contributed by atoms with E-state index in [1.165, 1.54) is 5.56 Å². The molecule has 2 aromatic heterocycles. The highest BCUT2D eigenvalue weighted by Gasteiger charge is 2.18. The van der Waals surface area contributed by atoms with Crippen molar-refractivity contribution < 1.29 is 0 Å². The SMILES string of the molecule is O=c1[nH]c(CN2CCc3cncnc3C2)nc2ccccc12. The molecule has 0 fully saturated rings. The lowest BCUT2D eigenvalue weighted by molar-refractivity contribution is 0.235. The van der Waals surface area contributed by atoms with E-state index in [1.807, 2.05) is 24.4 Å². The number of para-hydroxylation sites is 1. The average Bonchev–Trinajstić information content (AvgIpc) is 2.55. The second kappa shape index (κ2) is 5.31. The van der Waals surface area contributed by atoms with E-state index in [0.29, 0.717) is 17.8 Å². The van der Waals surface area contributed by atoms with Gasteiger partial charge in [0, 0.05) is 19.3 Å². The van der Waals surface area contributed by atoms with Gasteiger partial charge in [0.15, 0.2) is 0 Å². The third-order valence-corrected chi connectivity index (χ3v) is 3.99. The first-order chi connectivity index (χ1) is 10.8. The van der Waals surface area contributed by atoms with Crippen LogP contribution in [0.2, 0.25) is 0 Å². The number of rotatable bonds is 2. The Labute approximate surface area is 126 Å². The van der Waals surface area contributed by atoms with Crippen LogP contribution >= 0.6 is 0 Å². The molecule has 22 heavy (non-hydrogen) atoms. The molecule has 0 amide bonds. The third kappa shape index (κ3) is 2.37. The van der Waals surface area contributed by atoms with Gasteiger partial charge in [-0.1, -0.05) is 12.1 Å². The van der Waals surface area contributed by atoms with Crippen molar-refractivity contribution in [3.05, 3.63) is 64.2 Å². The van der Waals surface area contributed by atoms with Crippen LogP contribution in [-0.2, 0) is 19.5 Å². The summed E-state index contributed by atoms with van der Waals surface area (Å²) in [5.41, 5.74) is 2.92. The van der Waals surface area contributed by atoms with E-state index in [0.717, 1.165) is 30.7 Å². The topological polar surface area (TPSA) is 74.8 Å². The number of aromatic amines is 1. The Hall–Kier alpha value is -2.60. The summed E-state index contributed by atoms with van der Waals surface area (Å²) in [6, 6.07) is 7.40. The number of nitrogens with zero attached hydrogens (tertiary/aromatic N) is 4. The smallest absolute Gasteiger partial charge is 0.258 e. The summed E-state index contributed by atoms with van der Waals surface area (Å²) in [6.45, 7) is 2.29. The van der Waals surface area contributed by atoms with E-state index >= 15 is 0 Å². The van der Waals surface area contributed by atoms with Crippen LogP contribution in [0.25, 0.3) is 10.9 Å². The van der Waals surface area contributed by atoms with Crippen molar-refractivity contribution in [1.29, 1.82) is 0 Å². The van der Waals surface area contributed by atoms with Gasteiger partial charge in [-0.2, -0.15) is 0 Å². The van der Waals surface area contributed by atoms with Gasteiger partial charge in [0.05, 0.1) is 23.1 Å². The molecule has 0 unspecified atom stereocenters. The standard InChI is InChI=1S/C16H15N5O/c22-16-12-3-1-2-4-13(12)19-15(20-16)9-21-6-5-11-7-17-10-18-14(11)8-21/h1-4,7,10H,5-6,8-9H2,(H,19,20,22). The summed E-state index contributed by atoms with van der Waals surface area (Å²) < 4.78 is 0. The fourth-order valence-corrected chi connectivity index (χ4v) is 2.86. The van der Waals surface area contributed by atoms with E-state index in [4.69, 9.17) is 0 Å². The van der Waals surface area contributed by atoms with Crippen LogP contribution in [0.4, 0.5) is 0 Å². The van der Waals surface area contributed by atoms with Crippen LogP contribution in [0.1, 0.15) is 17.1 Å². The van der Waals surface area contributed by atoms with E-state index in [9.17, 15) is 4.79 Å². The molecule has 0 aliphatic carbocycles. The largest absolute Gasteiger partial charge is 0.309 e. The Bertz CT molecular complexity index is 889. The van der Waals surface area contributed by atoms with E-state index < -0.39 is 0 Å². The number of nitrogens with one attached hydrogen (secondary N) is 1. The number of hydrogen-bond acceptors (Lipinski definition) is 5. The van der Waals surface area contributed by atoms with E-state index in [2.05, 4.69) is 24.8 Å². The number of aromatic nitrogens is 4. The maximum atomic E-state index is 12.1. The highest BCUT2D eigenvalue weighted by atomic mass is 16.1. The summed E-state index contributed by atoms with van der Waals surface area (Å²) in [6.07, 6.45) is 4.39. The fourth-order valence-electron chi connectivity index (χ4n) is 2.86. The predicted octanol–water partition coefficient (Wildman–Crippen LogP) is 1.27. The van der Waals surface area contributed by atoms with Crippen molar-refractivity contribution >= 4 is 10.9 Å². The molecule has 0 bridgehead atoms. The summed E-state index contributed by atoms with van der Waals surface area (Å²) >= 11 is 0. The highest BCUT2D eigenvalue weighted by molar-refractivity contribution is 5.77. The molecule has 3 aromatic rings. The zero-order chi connectivity index (χ0) is 14.9. The first-order valence-electron chi connectivity index (χ1n) is 7.27. The maximum Gasteiger partial charge on any atom is 0.258 e. The summed E-state index contributed by atoms with van der Waals surface area (Å²) in [4.78, 5) is 30.2. The molecule has 110 valence electrons. The van der Waals surface area contributed by atoms with Gasteiger partial charge >= 0.3 is 0 Å². The lowest BCUT2D eigenvalue weighted by Crippen LogP contribution is -2.32. The minimum absolute atomic E-state index is 0.0830. The number of H-pyrrole nitrogens is 1. The predicted molar refractivity (Wildman–Crippen MR) is 82.2 cm³/mol. The Morgan fingerprint density at radius 3 is 3.14 bits per heavy atom. The minimum Gasteiger partial charge on any atom is -0.309 e. The van der Waals surface area contributed by atoms with Gasteiger partial charge in [0.25, 0.3) is 5.56 Å². The molecule has 0 spiro atoms. The number of benzene rings is 1. The van der Waals surface area contributed by atoms with Crippen LogP contribution in [0.3, 0.4) is 0 Å². The Morgan fingerprint density at radius 2 is 2.18 bits per heavy atom. The zero-order valence-corrected chi connectivity index (χ0v) is 12.0. The molecule has 1 aliphatic heterocycles. The van der Waals surface area contributed by atoms with Gasteiger partial charge in [-0.15, -0.1) is 0 Å². The van der Waals surface area contributed by atoms with Crippen molar-refractivity contribution in [2.45, 2.75) is 19.5 Å². The molecular weight excluding hydrogens is 278 g/mol. The molecular formula is C16H15N5O. The third-order valence-electron chi connectivity index (χ3n) is 3.99. The normalized spacial score (nSPS) is 14.9. The molecule has 6 heteroatoms. The molecule has 4 rings (SSSR count). The molecule has 0 atom stereocenters. The van der Waals surface area contributed by atoms with Crippen LogP contribution < -0.4 is 5.56 Å². The second-order valence-corrected chi connectivity index (χ2v) is 5.49. The second-order valence-electron chi connectivity index (χ2n) is 5.49. The summed E-state index contributed by atoms with van der Waals surface area (Å²) in [5.74, 6) is 0.696. The maximum absolute atomic E-state index is 12.1. The van der Waals surface area contributed by atoms with Gasteiger partial charge in [0.1, 0.15) is 12.2 Å². The van der Waals surface area contributed by atoms with Crippen molar-refractivity contribution in [2.75, 3.05) is 6.54 Å². The van der Waals surface area contributed by atoms with Crippen LogP contribution in [0, 0.1) is 0 Å². The first kappa shape index (κ1) is 13.1. The van der Waals surface area contributed by atoms with Gasteiger partial charge in [-0.3, -0.25) is 9.69 Å². The van der Waals surface area contributed by atoms with Crippen LogP contribution in [0.5, 0.6) is 0 Å². The van der Waals surface area contributed by atoms with Gasteiger partial charge in [-0.05, 0) is 24.1 Å². The van der Waals surface area contributed by atoms with Gasteiger partial charge in [0.2, 0.25) is 0 Å². The molecule has 0 radical (unpaired) electrons. The molecule has 1 aliphatic rings. The molecule has 1 N–H and O–H groups in total. The Morgan fingerprint density at radius 1 is 1.27 bits per heavy atom. The number of hydrogen-bond donors (Lipinski definition) is 1. The van der Waals surface area contributed by atoms with Crippen LogP contribution in [0.15, 0.2) is 41.6 Å². The van der Waals surface area contributed by atoms with Crippen molar-refractivity contribution in [2.24, 2.45) is 0 Å². The summed E-state index contributed by atoms with van der Waals surface area (Å²) in [5, 5.41) is 0.628. The Balaban J connectivity index is 1.61. The Kier molecular flexibility index (Phi) is 3.16. The first-order valence-corrected chi connectivity index (χ1v) is 7.27. The van der Waals surface area contributed by atoms with Crippen LogP contribution in [-0.4, -0.2) is 31.4 Å². The monoisotopic (exact) mass is 293 g/mol. The molecule has 1 aromatic carbocycles.